The monoisotopic (exact) mass is 334 g/mol. The molecule has 1 aliphatic heterocycles. The van der Waals surface area contributed by atoms with Gasteiger partial charge in [0, 0.05) is 19.1 Å². The number of amides is 1. The summed E-state index contributed by atoms with van der Waals surface area (Å²) in [5.41, 5.74) is 0.979. The highest BCUT2D eigenvalue weighted by atomic mass is 16.5. The fourth-order valence-corrected chi connectivity index (χ4v) is 3.19. The van der Waals surface area contributed by atoms with Crippen molar-refractivity contribution in [3.63, 3.8) is 0 Å². The van der Waals surface area contributed by atoms with Crippen molar-refractivity contribution in [2.75, 3.05) is 19.6 Å². The number of aliphatic hydroxyl groups is 1. The van der Waals surface area contributed by atoms with E-state index in [-0.39, 0.29) is 24.8 Å². The molecular formula is C19H30N2O3. The molecule has 24 heavy (non-hydrogen) atoms. The Kier molecular flexibility index (Phi) is 7.53. The molecule has 134 valence electrons. The molecule has 2 rings (SSSR count). The SMILES string of the molecule is CC(C)C[C@@H](CN1CCCC(O)C1)NC(=O)OCc1ccccc1. The first-order valence-electron chi connectivity index (χ1n) is 8.90. The average Bonchev–Trinajstić information content (AvgIpc) is 2.53. The van der Waals surface area contributed by atoms with Gasteiger partial charge in [0.2, 0.25) is 0 Å². The summed E-state index contributed by atoms with van der Waals surface area (Å²) >= 11 is 0. The van der Waals surface area contributed by atoms with Gasteiger partial charge in [0.05, 0.1) is 6.10 Å². The van der Waals surface area contributed by atoms with Crippen molar-refractivity contribution >= 4 is 6.09 Å². The fraction of sp³-hybridized carbons (Fsp3) is 0.632. The van der Waals surface area contributed by atoms with Gasteiger partial charge < -0.3 is 15.2 Å². The van der Waals surface area contributed by atoms with Crippen LogP contribution in [0.15, 0.2) is 30.3 Å². The number of likely N-dealkylation sites (tertiary alicyclic amines) is 1. The minimum Gasteiger partial charge on any atom is -0.445 e. The van der Waals surface area contributed by atoms with Crippen LogP contribution in [0.4, 0.5) is 4.79 Å². The summed E-state index contributed by atoms with van der Waals surface area (Å²) in [6, 6.07) is 9.72. The summed E-state index contributed by atoms with van der Waals surface area (Å²) in [4.78, 5) is 14.3. The van der Waals surface area contributed by atoms with Crippen LogP contribution in [0.25, 0.3) is 0 Å². The molecule has 5 nitrogen and oxygen atoms in total. The lowest BCUT2D eigenvalue weighted by Gasteiger charge is -2.33. The highest BCUT2D eigenvalue weighted by Gasteiger charge is 2.23. The zero-order valence-corrected chi connectivity index (χ0v) is 14.8. The third kappa shape index (κ3) is 6.89. The summed E-state index contributed by atoms with van der Waals surface area (Å²) in [5.74, 6) is 0.485. The van der Waals surface area contributed by atoms with Crippen molar-refractivity contribution in [1.82, 2.24) is 10.2 Å². The number of piperidine rings is 1. The minimum absolute atomic E-state index is 0.0403. The normalized spacial score (nSPS) is 19.9. The van der Waals surface area contributed by atoms with Crippen LogP contribution in [0.3, 0.4) is 0 Å². The molecule has 0 saturated carbocycles. The van der Waals surface area contributed by atoms with E-state index in [0.29, 0.717) is 12.5 Å². The van der Waals surface area contributed by atoms with Gasteiger partial charge in [-0.05, 0) is 37.3 Å². The second kappa shape index (κ2) is 9.64. The number of alkyl carbamates (subject to hydrolysis) is 1. The quantitative estimate of drug-likeness (QED) is 0.805. The predicted octanol–water partition coefficient (Wildman–Crippen LogP) is 2.78. The molecular weight excluding hydrogens is 304 g/mol. The number of aliphatic hydroxyl groups excluding tert-OH is 1. The maximum Gasteiger partial charge on any atom is 0.407 e. The van der Waals surface area contributed by atoms with Crippen molar-refractivity contribution in [2.24, 2.45) is 5.92 Å². The molecule has 1 aromatic rings. The van der Waals surface area contributed by atoms with Gasteiger partial charge in [-0.2, -0.15) is 0 Å². The summed E-state index contributed by atoms with van der Waals surface area (Å²) < 4.78 is 5.33. The molecule has 2 N–H and O–H groups in total. The molecule has 0 bridgehead atoms. The van der Waals surface area contributed by atoms with Crippen molar-refractivity contribution in [3.05, 3.63) is 35.9 Å². The van der Waals surface area contributed by atoms with Gasteiger partial charge in [-0.1, -0.05) is 44.2 Å². The zero-order chi connectivity index (χ0) is 17.4. The van der Waals surface area contributed by atoms with Crippen LogP contribution < -0.4 is 5.32 Å². The molecule has 1 heterocycles. The number of hydrogen-bond acceptors (Lipinski definition) is 4. The highest BCUT2D eigenvalue weighted by molar-refractivity contribution is 5.67. The molecule has 0 radical (unpaired) electrons. The minimum atomic E-state index is -0.373. The summed E-state index contributed by atoms with van der Waals surface area (Å²) in [5, 5.41) is 12.8. The number of ether oxygens (including phenoxy) is 1. The van der Waals surface area contributed by atoms with E-state index in [4.69, 9.17) is 4.74 Å². The van der Waals surface area contributed by atoms with Crippen LogP contribution in [-0.4, -0.2) is 47.9 Å². The Hall–Kier alpha value is -1.59. The van der Waals surface area contributed by atoms with Gasteiger partial charge in [0.15, 0.2) is 0 Å². The second-order valence-electron chi connectivity index (χ2n) is 7.09. The smallest absolute Gasteiger partial charge is 0.407 e. The summed E-state index contributed by atoms with van der Waals surface area (Å²) in [6.07, 6.45) is 2.16. The lowest BCUT2D eigenvalue weighted by Crippen LogP contribution is -2.48. The van der Waals surface area contributed by atoms with Gasteiger partial charge in [0.1, 0.15) is 6.61 Å². The van der Waals surface area contributed by atoms with Crippen LogP contribution in [0, 0.1) is 5.92 Å². The van der Waals surface area contributed by atoms with Crippen LogP contribution in [0.2, 0.25) is 0 Å². The molecule has 1 amide bonds. The number of hydrogen-bond donors (Lipinski definition) is 2. The third-order valence-corrected chi connectivity index (χ3v) is 4.25. The van der Waals surface area contributed by atoms with E-state index in [1.54, 1.807) is 0 Å². The lowest BCUT2D eigenvalue weighted by molar-refractivity contribution is 0.0627. The van der Waals surface area contributed by atoms with Gasteiger partial charge in [-0.15, -0.1) is 0 Å². The molecule has 0 aliphatic carbocycles. The predicted molar refractivity (Wildman–Crippen MR) is 94.7 cm³/mol. The first-order chi connectivity index (χ1) is 11.5. The third-order valence-electron chi connectivity index (χ3n) is 4.25. The van der Waals surface area contributed by atoms with Crippen LogP contribution >= 0.6 is 0 Å². The molecule has 1 fully saturated rings. The number of benzene rings is 1. The number of β-amino-alcohol motifs (C(OH)–C–C–N with tert-alkyl or cyclic N) is 1. The van der Waals surface area contributed by atoms with Gasteiger partial charge >= 0.3 is 6.09 Å². The topological polar surface area (TPSA) is 61.8 Å². The lowest BCUT2D eigenvalue weighted by atomic mass is 10.0. The van der Waals surface area contributed by atoms with Crippen molar-refractivity contribution in [3.8, 4) is 0 Å². The van der Waals surface area contributed by atoms with Gasteiger partial charge in [0.25, 0.3) is 0 Å². The Labute approximate surface area is 145 Å². The second-order valence-corrected chi connectivity index (χ2v) is 7.09. The summed E-state index contributed by atoms with van der Waals surface area (Å²) in [7, 11) is 0. The Morgan fingerprint density at radius 3 is 2.79 bits per heavy atom. The number of rotatable bonds is 7. The molecule has 0 aromatic heterocycles. The maximum absolute atomic E-state index is 12.1. The van der Waals surface area contributed by atoms with E-state index in [0.717, 1.165) is 37.9 Å². The molecule has 1 unspecified atom stereocenters. The first-order valence-corrected chi connectivity index (χ1v) is 8.90. The van der Waals surface area contributed by atoms with E-state index in [2.05, 4.69) is 24.1 Å². The largest absolute Gasteiger partial charge is 0.445 e. The van der Waals surface area contributed by atoms with E-state index in [9.17, 15) is 9.90 Å². The van der Waals surface area contributed by atoms with Gasteiger partial charge in [-0.3, -0.25) is 4.90 Å². The molecule has 2 atom stereocenters. The van der Waals surface area contributed by atoms with Crippen LogP contribution in [0.5, 0.6) is 0 Å². The molecule has 1 saturated heterocycles. The van der Waals surface area contributed by atoms with Crippen LogP contribution in [0.1, 0.15) is 38.7 Å². The number of carbonyl (C=O) groups is 1. The van der Waals surface area contributed by atoms with E-state index in [1.807, 2.05) is 30.3 Å². The van der Waals surface area contributed by atoms with Gasteiger partial charge in [-0.25, -0.2) is 4.79 Å². The first kappa shape index (κ1) is 18.7. The Morgan fingerprint density at radius 1 is 1.38 bits per heavy atom. The highest BCUT2D eigenvalue weighted by Crippen LogP contribution is 2.13. The Balaban J connectivity index is 1.81. The van der Waals surface area contributed by atoms with E-state index in [1.165, 1.54) is 0 Å². The number of nitrogens with one attached hydrogen (secondary N) is 1. The fourth-order valence-electron chi connectivity index (χ4n) is 3.19. The molecule has 5 heteroatoms. The standard InChI is InChI=1S/C19H30N2O3/c1-15(2)11-17(12-21-10-6-9-18(22)13-21)20-19(23)24-14-16-7-4-3-5-8-16/h3-5,7-8,15,17-18,22H,6,9-14H2,1-2H3,(H,20,23)/t17-,18?/m0/s1. The summed E-state index contributed by atoms with van der Waals surface area (Å²) in [6.45, 7) is 7.00. The van der Waals surface area contributed by atoms with Crippen LogP contribution in [-0.2, 0) is 11.3 Å². The Morgan fingerprint density at radius 2 is 2.12 bits per heavy atom. The molecule has 1 aromatic carbocycles. The maximum atomic E-state index is 12.1. The Bertz CT molecular complexity index is 493. The van der Waals surface area contributed by atoms with E-state index < -0.39 is 0 Å². The zero-order valence-electron chi connectivity index (χ0n) is 14.8. The van der Waals surface area contributed by atoms with E-state index >= 15 is 0 Å². The van der Waals surface area contributed by atoms with Crippen molar-refractivity contribution in [2.45, 2.75) is 51.9 Å². The average molecular weight is 334 g/mol. The van der Waals surface area contributed by atoms with Crippen molar-refractivity contribution < 1.29 is 14.6 Å². The van der Waals surface area contributed by atoms with Crippen molar-refractivity contribution in [1.29, 1.82) is 0 Å². The number of carbonyl (C=O) groups excluding carboxylic acids is 1. The number of nitrogens with zero attached hydrogens (tertiary/aromatic N) is 1. The molecule has 0 spiro atoms. The molecule has 1 aliphatic rings.